The van der Waals surface area contributed by atoms with E-state index in [9.17, 15) is 0 Å². The Morgan fingerprint density at radius 3 is 1.77 bits per heavy atom. The minimum atomic E-state index is -2.64. The zero-order chi connectivity index (χ0) is 22.3. The minimum absolute atomic E-state index is 0.0686. The van der Waals surface area contributed by atoms with Gasteiger partial charge < -0.3 is 0 Å². The van der Waals surface area contributed by atoms with Crippen molar-refractivity contribution in [2.75, 3.05) is 0 Å². The molecule has 0 N–H and O–H groups in total. The SMILES string of the molecule is CC(C)(C)[Si](Oc1ccc2c[c]([Sn]([CH3])([CH3])[CH3])oc2c1)(c1ccccc1)c1ccccc1. The Hall–Kier alpha value is -1.98. The monoisotopic (exact) mass is 536 g/mol. The quantitative estimate of drug-likeness (QED) is 0.297. The molecule has 0 bridgehead atoms. The van der Waals surface area contributed by atoms with Gasteiger partial charge in [0.15, 0.2) is 0 Å². The number of fused-ring (bicyclic) bond motifs is 1. The van der Waals surface area contributed by atoms with Crippen LogP contribution in [0.2, 0.25) is 19.9 Å². The van der Waals surface area contributed by atoms with Gasteiger partial charge in [-0.15, -0.1) is 0 Å². The summed E-state index contributed by atoms with van der Waals surface area (Å²) in [6.45, 7) is 6.91. The first-order valence-corrected chi connectivity index (χ1v) is 22.9. The molecule has 0 saturated carbocycles. The third kappa shape index (κ3) is 4.22. The van der Waals surface area contributed by atoms with Crippen LogP contribution in [-0.4, -0.2) is 26.7 Å². The predicted molar refractivity (Wildman–Crippen MR) is 137 cm³/mol. The fourth-order valence-corrected chi connectivity index (χ4v) is 11.5. The molecular weight excluding hydrogens is 503 g/mol. The summed E-state index contributed by atoms with van der Waals surface area (Å²) in [5.41, 5.74) is 0.928. The molecule has 3 aromatic carbocycles. The molecule has 0 aliphatic heterocycles. The van der Waals surface area contributed by atoms with Gasteiger partial charge in [0.25, 0.3) is 0 Å². The van der Waals surface area contributed by atoms with E-state index in [2.05, 4.69) is 121 Å². The van der Waals surface area contributed by atoms with Gasteiger partial charge in [-0.25, -0.2) is 0 Å². The van der Waals surface area contributed by atoms with E-state index >= 15 is 0 Å². The van der Waals surface area contributed by atoms with Crippen molar-refractivity contribution in [2.24, 2.45) is 0 Å². The molecule has 160 valence electrons. The van der Waals surface area contributed by atoms with Crippen LogP contribution in [0, 0.1) is 0 Å². The number of furan rings is 1. The van der Waals surface area contributed by atoms with Gasteiger partial charge in [0, 0.05) is 0 Å². The number of rotatable bonds is 5. The van der Waals surface area contributed by atoms with Crippen LogP contribution in [0.3, 0.4) is 0 Å². The van der Waals surface area contributed by atoms with Crippen LogP contribution in [0.25, 0.3) is 11.0 Å². The molecule has 0 aliphatic carbocycles. The summed E-state index contributed by atoms with van der Waals surface area (Å²) in [5, 5.41) is 3.65. The Morgan fingerprint density at radius 1 is 0.742 bits per heavy atom. The van der Waals surface area contributed by atoms with Crippen LogP contribution in [-0.2, 0) is 0 Å². The second kappa shape index (κ2) is 8.17. The Bertz CT molecular complexity index is 1130. The Kier molecular flexibility index (Phi) is 5.86. The van der Waals surface area contributed by atoms with Crippen LogP contribution in [0.1, 0.15) is 20.8 Å². The molecule has 0 fully saturated rings. The molecule has 0 unspecified atom stereocenters. The molecular formula is C27H32O2SiSn. The number of hydrogen-bond acceptors (Lipinski definition) is 2. The van der Waals surface area contributed by atoms with E-state index in [1.807, 2.05) is 0 Å². The standard InChI is InChI=1S/C24H23O2Si.3CH3.Sn/c1-24(2,3)27(21-10-6-4-7-11-21,22-12-8-5-9-13-22)26-20-15-14-19-16-17-25-23(19)18-20;;;;/h4-16,18H,1-3H3;3*1H3;. The molecule has 4 aromatic rings. The van der Waals surface area contributed by atoms with Gasteiger partial charge in [-0.3, -0.25) is 0 Å². The van der Waals surface area contributed by atoms with Gasteiger partial charge in [-0.2, -0.15) is 0 Å². The van der Waals surface area contributed by atoms with E-state index in [0.29, 0.717) is 0 Å². The molecule has 0 atom stereocenters. The van der Waals surface area contributed by atoms with E-state index in [1.54, 1.807) is 0 Å². The summed E-state index contributed by atoms with van der Waals surface area (Å²) in [4.78, 5) is 7.14. The maximum absolute atomic E-state index is 7.14. The van der Waals surface area contributed by atoms with Crippen molar-refractivity contribution < 1.29 is 8.84 Å². The van der Waals surface area contributed by atoms with Crippen LogP contribution < -0.4 is 18.6 Å². The summed E-state index contributed by atoms with van der Waals surface area (Å²) in [5.74, 6) is 0.881. The van der Waals surface area contributed by atoms with Gasteiger partial charge in [0.1, 0.15) is 0 Å². The molecule has 31 heavy (non-hydrogen) atoms. The van der Waals surface area contributed by atoms with E-state index in [0.717, 1.165) is 16.7 Å². The van der Waals surface area contributed by atoms with E-state index < -0.39 is 26.7 Å². The Labute approximate surface area is 191 Å². The molecule has 1 heterocycles. The van der Waals surface area contributed by atoms with Crippen molar-refractivity contribution in [3.63, 3.8) is 0 Å². The Balaban J connectivity index is 1.89. The molecule has 0 radical (unpaired) electrons. The van der Waals surface area contributed by atoms with E-state index in [1.165, 1.54) is 14.1 Å². The predicted octanol–water partition coefficient (Wildman–Crippen LogP) is 5.92. The zero-order valence-corrected chi connectivity index (χ0v) is 23.3. The summed E-state index contributed by atoms with van der Waals surface area (Å²) < 4.78 is 14.7. The van der Waals surface area contributed by atoms with Gasteiger partial charge in [0.05, 0.1) is 0 Å². The fraction of sp³-hybridized carbons (Fsp3) is 0.259. The van der Waals surface area contributed by atoms with Crippen molar-refractivity contribution >= 4 is 51.8 Å². The third-order valence-electron chi connectivity index (χ3n) is 5.92. The van der Waals surface area contributed by atoms with E-state index in [-0.39, 0.29) is 5.04 Å². The van der Waals surface area contributed by atoms with Crippen LogP contribution in [0.15, 0.2) is 89.3 Å². The van der Waals surface area contributed by atoms with Crippen molar-refractivity contribution in [3.05, 3.63) is 84.9 Å². The summed E-state index contributed by atoms with van der Waals surface area (Å²) in [6, 6.07) is 30.1. The summed E-state index contributed by atoms with van der Waals surface area (Å²) >= 11 is -2.27. The van der Waals surface area contributed by atoms with Crippen LogP contribution >= 0.6 is 0 Å². The zero-order valence-electron chi connectivity index (χ0n) is 19.4. The molecule has 0 amide bonds. The van der Waals surface area contributed by atoms with Crippen molar-refractivity contribution in [3.8, 4) is 5.75 Å². The maximum atomic E-state index is 7.14. The molecule has 0 spiro atoms. The van der Waals surface area contributed by atoms with Gasteiger partial charge in [-0.05, 0) is 0 Å². The van der Waals surface area contributed by atoms with Crippen molar-refractivity contribution in [2.45, 2.75) is 40.6 Å². The second-order valence-electron chi connectivity index (χ2n) is 10.3. The molecule has 1 aromatic heterocycles. The van der Waals surface area contributed by atoms with E-state index in [4.69, 9.17) is 8.84 Å². The van der Waals surface area contributed by atoms with Crippen LogP contribution in [0.5, 0.6) is 5.75 Å². The first-order valence-electron chi connectivity index (χ1n) is 11.0. The molecule has 4 heteroatoms. The first kappa shape index (κ1) is 22.2. The van der Waals surface area contributed by atoms with Crippen molar-refractivity contribution in [1.29, 1.82) is 0 Å². The molecule has 4 rings (SSSR count). The van der Waals surface area contributed by atoms with Gasteiger partial charge in [0.2, 0.25) is 0 Å². The van der Waals surface area contributed by atoms with Crippen LogP contribution in [0.4, 0.5) is 0 Å². The molecule has 2 nitrogen and oxygen atoms in total. The van der Waals surface area contributed by atoms with Gasteiger partial charge in [-0.1, -0.05) is 0 Å². The summed E-state index contributed by atoms with van der Waals surface area (Å²) in [6.07, 6.45) is 0. The average molecular weight is 535 g/mol. The second-order valence-corrected chi connectivity index (χ2v) is 28.8. The fourth-order valence-electron chi connectivity index (χ4n) is 4.27. The Morgan fingerprint density at radius 2 is 1.29 bits per heavy atom. The topological polar surface area (TPSA) is 22.4 Å². The summed E-state index contributed by atoms with van der Waals surface area (Å²) in [7, 11) is -2.64. The number of benzene rings is 3. The first-order chi connectivity index (χ1) is 14.6. The average Bonchev–Trinajstić information content (AvgIpc) is 3.16. The van der Waals surface area contributed by atoms with Crippen molar-refractivity contribution in [1.82, 2.24) is 0 Å². The van der Waals surface area contributed by atoms with Gasteiger partial charge >= 0.3 is 192 Å². The molecule has 0 saturated heterocycles. The normalized spacial score (nSPS) is 12.8. The molecule has 0 aliphatic rings. The third-order valence-corrected chi connectivity index (χ3v) is 15.8. The number of hydrogen-bond donors (Lipinski definition) is 0.